The van der Waals surface area contributed by atoms with Crippen molar-refractivity contribution in [2.24, 2.45) is 0 Å². The zero-order valence-corrected chi connectivity index (χ0v) is 20.1. The Kier molecular flexibility index (Phi) is 6.24. The third kappa shape index (κ3) is 4.56. The van der Waals surface area contributed by atoms with E-state index in [1.54, 1.807) is 22.2 Å². The summed E-state index contributed by atoms with van der Waals surface area (Å²) >= 11 is 3.10. The number of thiophene rings is 1. The Morgan fingerprint density at radius 3 is 2.70 bits per heavy atom. The minimum Gasteiger partial charge on any atom is -0.346 e. The van der Waals surface area contributed by atoms with Crippen LogP contribution < -0.4 is 10.5 Å². The summed E-state index contributed by atoms with van der Waals surface area (Å²) in [5.74, 6) is 0.0760. The normalized spacial score (nSPS) is 14.6. The number of hydrogen-bond donors (Lipinski definition) is 0. The average Bonchev–Trinajstić information content (AvgIpc) is 3.45. The molecule has 0 spiro atoms. The number of fused-ring (bicyclic) bond motifs is 1. The fourth-order valence-corrected chi connectivity index (χ4v) is 5.78. The van der Waals surface area contributed by atoms with Crippen molar-refractivity contribution < 1.29 is 4.79 Å². The summed E-state index contributed by atoms with van der Waals surface area (Å²) in [5, 5.41) is 5.61. The highest BCUT2D eigenvalue weighted by atomic mass is 32.1. The van der Waals surface area contributed by atoms with Crippen LogP contribution in [0.2, 0.25) is 0 Å². The number of nitrogens with zero attached hydrogens (tertiary/aromatic N) is 5. The molecular weight excluding hydrogens is 454 g/mol. The molecule has 1 fully saturated rings. The molecule has 5 rings (SSSR count). The summed E-state index contributed by atoms with van der Waals surface area (Å²) in [7, 11) is 0. The van der Waals surface area contributed by atoms with Gasteiger partial charge in [-0.1, -0.05) is 29.8 Å². The number of amides is 1. The van der Waals surface area contributed by atoms with Crippen LogP contribution >= 0.6 is 22.7 Å². The smallest absolute Gasteiger partial charge is 0.262 e. The van der Waals surface area contributed by atoms with Gasteiger partial charge < -0.3 is 9.80 Å². The van der Waals surface area contributed by atoms with Crippen molar-refractivity contribution in [1.29, 1.82) is 0 Å². The van der Waals surface area contributed by atoms with Crippen molar-refractivity contribution in [2.75, 3.05) is 31.1 Å². The van der Waals surface area contributed by atoms with E-state index in [1.807, 2.05) is 53.0 Å². The molecule has 4 aromatic rings. The average molecular weight is 480 g/mol. The standard InChI is InChI=1S/C24H25N5O2S2/c1-17-3-5-18(6-4-17)19-15-33-22-21(19)23(31)29(16-26-22)11-7-20(30)27-9-2-10-28(13-12-27)24-25-8-14-32-24/h3-6,8,14-16H,2,7,9-13H2,1H3. The van der Waals surface area contributed by atoms with Gasteiger partial charge in [-0.05, 0) is 18.9 Å². The fraction of sp³-hybridized carbons (Fsp3) is 0.333. The fourth-order valence-electron chi connectivity index (χ4n) is 4.18. The topological polar surface area (TPSA) is 71.3 Å². The molecule has 1 saturated heterocycles. The lowest BCUT2D eigenvalue weighted by atomic mass is 10.1. The predicted octanol–water partition coefficient (Wildman–Crippen LogP) is 4.02. The van der Waals surface area contributed by atoms with Gasteiger partial charge in [0.15, 0.2) is 5.13 Å². The van der Waals surface area contributed by atoms with E-state index in [1.165, 1.54) is 16.9 Å². The Morgan fingerprint density at radius 1 is 1.06 bits per heavy atom. The molecule has 0 radical (unpaired) electrons. The van der Waals surface area contributed by atoms with E-state index in [4.69, 9.17) is 0 Å². The minimum atomic E-state index is -0.0876. The molecule has 0 unspecified atom stereocenters. The quantitative estimate of drug-likeness (QED) is 0.432. The van der Waals surface area contributed by atoms with Crippen molar-refractivity contribution >= 4 is 43.9 Å². The SMILES string of the molecule is Cc1ccc(-c2csc3ncn(CCC(=O)N4CCCN(c5nccs5)CC4)c(=O)c23)cc1. The molecule has 33 heavy (non-hydrogen) atoms. The van der Waals surface area contributed by atoms with Crippen LogP contribution in [0.5, 0.6) is 0 Å². The molecule has 1 aliphatic heterocycles. The Morgan fingerprint density at radius 2 is 1.91 bits per heavy atom. The van der Waals surface area contributed by atoms with Crippen LogP contribution in [0.15, 0.2) is 52.3 Å². The van der Waals surface area contributed by atoms with E-state index in [0.29, 0.717) is 18.5 Å². The lowest BCUT2D eigenvalue weighted by Gasteiger charge is -2.22. The highest BCUT2D eigenvalue weighted by molar-refractivity contribution is 7.17. The first-order valence-electron chi connectivity index (χ1n) is 11.1. The van der Waals surface area contributed by atoms with Gasteiger partial charge in [-0.25, -0.2) is 9.97 Å². The van der Waals surface area contributed by atoms with Crippen LogP contribution in [-0.4, -0.2) is 51.5 Å². The number of thiazole rings is 1. The van der Waals surface area contributed by atoms with Crippen LogP contribution in [0, 0.1) is 6.92 Å². The van der Waals surface area contributed by atoms with Crippen molar-refractivity contribution in [3.63, 3.8) is 0 Å². The molecule has 1 amide bonds. The third-order valence-corrected chi connectivity index (χ3v) is 7.75. The van der Waals surface area contributed by atoms with E-state index < -0.39 is 0 Å². The van der Waals surface area contributed by atoms with Gasteiger partial charge in [0.1, 0.15) is 4.83 Å². The minimum absolute atomic E-state index is 0.0760. The number of carbonyl (C=O) groups excluding carboxylic acids is 1. The highest BCUT2D eigenvalue weighted by Gasteiger charge is 2.21. The van der Waals surface area contributed by atoms with Gasteiger partial charge in [0.05, 0.1) is 11.7 Å². The lowest BCUT2D eigenvalue weighted by molar-refractivity contribution is -0.131. The summed E-state index contributed by atoms with van der Waals surface area (Å²) in [6.45, 7) is 5.46. The number of benzene rings is 1. The zero-order chi connectivity index (χ0) is 22.8. The van der Waals surface area contributed by atoms with Gasteiger partial charge in [0.25, 0.3) is 5.56 Å². The van der Waals surface area contributed by atoms with Crippen LogP contribution in [0.1, 0.15) is 18.4 Å². The number of anilines is 1. The second kappa shape index (κ2) is 9.44. The summed E-state index contributed by atoms with van der Waals surface area (Å²) in [6, 6.07) is 8.16. The van der Waals surface area contributed by atoms with E-state index in [9.17, 15) is 9.59 Å². The predicted molar refractivity (Wildman–Crippen MR) is 134 cm³/mol. The summed E-state index contributed by atoms with van der Waals surface area (Å²) in [5.41, 5.74) is 3.00. The van der Waals surface area contributed by atoms with Gasteiger partial charge in [-0.2, -0.15) is 0 Å². The van der Waals surface area contributed by atoms with Crippen molar-refractivity contribution in [1.82, 2.24) is 19.4 Å². The molecular formula is C24H25N5O2S2. The molecule has 0 N–H and O–H groups in total. The lowest BCUT2D eigenvalue weighted by Crippen LogP contribution is -2.36. The molecule has 9 heteroatoms. The number of aromatic nitrogens is 3. The Bertz CT molecular complexity index is 1310. The van der Waals surface area contributed by atoms with E-state index in [2.05, 4.69) is 14.9 Å². The monoisotopic (exact) mass is 479 g/mol. The molecule has 3 aromatic heterocycles. The van der Waals surface area contributed by atoms with Gasteiger partial charge in [-0.15, -0.1) is 22.7 Å². The molecule has 0 aliphatic carbocycles. The van der Waals surface area contributed by atoms with E-state index >= 15 is 0 Å². The zero-order valence-electron chi connectivity index (χ0n) is 18.4. The van der Waals surface area contributed by atoms with Gasteiger partial charge in [0.2, 0.25) is 5.91 Å². The first-order chi connectivity index (χ1) is 16.1. The van der Waals surface area contributed by atoms with E-state index in [0.717, 1.165) is 47.1 Å². The second-order valence-corrected chi connectivity index (χ2v) is 9.96. The van der Waals surface area contributed by atoms with Crippen molar-refractivity contribution in [2.45, 2.75) is 26.3 Å². The highest BCUT2D eigenvalue weighted by Crippen LogP contribution is 2.30. The molecule has 1 aliphatic rings. The molecule has 7 nitrogen and oxygen atoms in total. The van der Waals surface area contributed by atoms with Crippen molar-refractivity contribution in [3.8, 4) is 11.1 Å². The molecule has 4 heterocycles. The molecule has 1 aromatic carbocycles. The Hall–Kier alpha value is -3.04. The van der Waals surface area contributed by atoms with Crippen LogP contribution in [-0.2, 0) is 11.3 Å². The molecule has 170 valence electrons. The maximum atomic E-state index is 13.3. The number of rotatable bonds is 5. The van der Waals surface area contributed by atoms with Crippen LogP contribution in [0.25, 0.3) is 21.3 Å². The molecule has 0 saturated carbocycles. The number of aryl methyl sites for hydroxylation is 2. The summed E-state index contributed by atoms with van der Waals surface area (Å²) < 4.78 is 1.57. The summed E-state index contributed by atoms with van der Waals surface area (Å²) in [4.78, 5) is 39.9. The van der Waals surface area contributed by atoms with Gasteiger partial charge in [-0.3, -0.25) is 14.2 Å². The maximum absolute atomic E-state index is 13.3. The first kappa shape index (κ1) is 21.8. The largest absolute Gasteiger partial charge is 0.346 e. The van der Waals surface area contributed by atoms with Crippen molar-refractivity contribution in [3.05, 3.63) is 63.5 Å². The molecule has 0 bridgehead atoms. The van der Waals surface area contributed by atoms with E-state index in [-0.39, 0.29) is 17.9 Å². The number of hydrogen-bond acceptors (Lipinski definition) is 7. The summed E-state index contributed by atoms with van der Waals surface area (Å²) in [6.07, 6.45) is 4.58. The van der Waals surface area contributed by atoms with Crippen LogP contribution in [0.4, 0.5) is 5.13 Å². The number of carbonyl (C=O) groups is 1. The first-order valence-corrected chi connectivity index (χ1v) is 12.8. The van der Waals surface area contributed by atoms with Gasteiger partial charge in [0, 0.05) is 61.7 Å². The molecule has 0 atom stereocenters. The Labute approximate surface area is 199 Å². The Balaban J connectivity index is 1.29. The van der Waals surface area contributed by atoms with Gasteiger partial charge >= 0.3 is 0 Å². The third-order valence-electron chi connectivity index (χ3n) is 6.03. The maximum Gasteiger partial charge on any atom is 0.262 e. The second-order valence-electron chi connectivity index (χ2n) is 8.22. The van der Waals surface area contributed by atoms with Crippen LogP contribution in [0.3, 0.4) is 0 Å².